The van der Waals surface area contributed by atoms with Crippen LogP contribution in [0.15, 0.2) is 45.5 Å². The van der Waals surface area contributed by atoms with Crippen LogP contribution in [0.1, 0.15) is 55.4 Å². The highest BCUT2D eigenvalue weighted by molar-refractivity contribution is 8.70. The van der Waals surface area contributed by atoms with E-state index in [1.807, 2.05) is 52.0 Å². The van der Waals surface area contributed by atoms with Gasteiger partial charge in [0, 0.05) is 22.8 Å². The van der Waals surface area contributed by atoms with Crippen LogP contribution in [0.5, 0.6) is 0 Å². The molecular formula is C26H42N2O8P2S4. The van der Waals surface area contributed by atoms with E-state index >= 15 is 0 Å². The normalized spacial score (nSPS) is 13.1. The molecule has 0 unspecified atom stereocenters. The van der Waals surface area contributed by atoms with Crippen LogP contribution in [0, 0.1) is 0 Å². The summed E-state index contributed by atoms with van der Waals surface area (Å²) >= 11 is 13.4. The van der Waals surface area contributed by atoms with Gasteiger partial charge in [-0.3, -0.25) is 0 Å². The molecule has 16 heteroatoms. The molecule has 1 rings (SSSR count). The maximum absolute atomic E-state index is 12.8. The molecule has 0 bridgehead atoms. The topological polar surface area (TPSA) is 114 Å². The van der Waals surface area contributed by atoms with Crippen molar-refractivity contribution in [2.75, 3.05) is 50.3 Å². The van der Waals surface area contributed by atoms with Gasteiger partial charge in [-0.2, -0.15) is 0 Å². The van der Waals surface area contributed by atoms with Gasteiger partial charge in [0.1, 0.15) is 9.81 Å². The Morgan fingerprint density at radius 1 is 0.619 bits per heavy atom. The molecule has 0 radical (unpaired) electrons. The van der Waals surface area contributed by atoms with Crippen LogP contribution in [0.2, 0.25) is 0 Å². The third-order valence-electron chi connectivity index (χ3n) is 4.71. The van der Waals surface area contributed by atoms with E-state index in [9.17, 15) is 9.59 Å². The number of rotatable bonds is 20. The van der Waals surface area contributed by atoms with Crippen molar-refractivity contribution in [3.63, 3.8) is 0 Å². The number of esters is 2. The first-order chi connectivity index (χ1) is 19.9. The highest BCUT2D eigenvalue weighted by atomic mass is 32.9. The van der Waals surface area contributed by atoms with Crippen molar-refractivity contribution >= 4 is 81.1 Å². The van der Waals surface area contributed by atoms with Gasteiger partial charge in [0.25, 0.3) is 11.4 Å². The molecule has 0 amide bonds. The molecule has 0 aliphatic carbocycles. The van der Waals surface area contributed by atoms with Gasteiger partial charge in [-0.15, -0.1) is 0 Å². The van der Waals surface area contributed by atoms with E-state index in [4.69, 9.17) is 51.2 Å². The predicted octanol–water partition coefficient (Wildman–Crippen LogP) is 8.16. The minimum absolute atomic E-state index is 0.214. The number of hydrogen-bond donors (Lipinski definition) is 2. The molecule has 0 fully saturated rings. The maximum Gasteiger partial charge on any atom is 0.346 e. The fraction of sp³-hybridized carbons (Fsp3) is 0.538. The van der Waals surface area contributed by atoms with E-state index in [-0.39, 0.29) is 13.2 Å². The van der Waals surface area contributed by atoms with Crippen LogP contribution in [0.3, 0.4) is 0 Å². The quantitative estimate of drug-likeness (QED) is 0.0775. The van der Waals surface area contributed by atoms with Gasteiger partial charge >= 0.3 is 11.9 Å². The lowest BCUT2D eigenvalue weighted by Gasteiger charge is -2.22. The Hall–Kier alpha value is -0.920. The summed E-state index contributed by atoms with van der Waals surface area (Å²) in [6.45, 7) is 16.2. The average Bonchev–Trinajstić information content (AvgIpc) is 2.92. The summed E-state index contributed by atoms with van der Waals surface area (Å²) in [5, 5.41) is 6.49. The Kier molecular flexibility index (Phi) is 18.8. The van der Waals surface area contributed by atoms with Crippen molar-refractivity contribution in [3.05, 3.63) is 45.5 Å². The highest BCUT2D eigenvalue weighted by Crippen LogP contribution is 2.65. The summed E-state index contributed by atoms with van der Waals surface area (Å²) in [4.78, 5) is 26.2. The van der Waals surface area contributed by atoms with Crippen molar-refractivity contribution in [1.29, 1.82) is 0 Å². The number of ether oxygens (including phenoxy) is 2. The van der Waals surface area contributed by atoms with Gasteiger partial charge in [0.05, 0.1) is 39.6 Å². The lowest BCUT2D eigenvalue weighted by Crippen LogP contribution is -2.12. The summed E-state index contributed by atoms with van der Waals surface area (Å²) in [6.07, 6.45) is 0. The first kappa shape index (κ1) is 39.1. The SMILES string of the molecule is CCOC(=O)C(SP(=S)(OCC)OCC)=C(C)Nc1ccc(NC(C)=C(SP(=S)(OCC)OCC)C(=O)OCC)cc1. The molecule has 0 spiro atoms. The standard InChI is InChI=1S/C26H42N2O8P2S4/c1-9-31-25(29)23(41-37(39,33-11-3)34-12-4)19(7)27-21-15-17-22(18-16-21)28-20(8)24(26(30)32-10-2)42-38(40,35-13-5)36-14-6/h15-18,27-28H,9-14H2,1-8H3. The molecule has 0 aliphatic rings. The lowest BCUT2D eigenvalue weighted by atomic mass is 10.2. The summed E-state index contributed by atoms with van der Waals surface area (Å²) in [5.74, 6) is -1.02. The van der Waals surface area contributed by atoms with E-state index in [0.717, 1.165) is 22.8 Å². The zero-order valence-electron chi connectivity index (χ0n) is 25.3. The number of hydrogen-bond acceptors (Lipinski definition) is 14. The fourth-order valence-corrected chi connectivity index (χ4v) is 13.0. The zero-order chi connectivity index (χ0) is 31.8. The molecule has 10 nitrogen and oxygen atoms in total. The molecular weight excluding hydrogens is 659 g/mol. The van der Waals surface area contributed by atoms with Crippen LogP contribution in [0.25, 0.3) is 0 Å². The number of benzene rings is 1. The highest BCUT2D eigenvalue weighted by Gasteiger charge is 2.29. The molecule has 238 valence electrons. The third kappa shape index (κ3) is 13.4. The van der Waals surface area contributed by atoms with E-state index in [1.165, 1.54) is 0 Å². The van der Waals surface area contributed by atoms with Gasteiger partial charge in [-0.1, -0.05) is 0 Å². The van der Waals surface area contributed by atoms with Crippen molar-refractivity contribution in [1.82, 2.24) is 0 Å². The second-order valence-electron chi connectivity index (χ2n) is 7.92. The van der Waals surface area contributed by atoms with Crippen molar-refractivity contribution < 1.29 is 37.2 Å². The summed E-state index contributed by atoms with van der Waals surface area (Å²) < 4.78 is 33.4. The third-order valence-corrected chi connectivity index (χ3v) is 15.1. The van der Waals surface area contributed by atoms with Crippen LogP contribution < -0.4 is 10.6 Å². The summed E-state index contributed by atoms with van der Waals surface area (Å²) in [6, 6.07) is 7.32. The van der Waals surface area contributed by atoms with Crippen LogP contribution in [-0.4, -0.2) is 51.6 Å². The minimum Gasteiger partial charge on any atom is -0.462 e. The Bertz CT molecular complexity index is 1080. The first-order valence-electron chi connectivity index (χ1n) is 13.5. The van der Waals surface area contributed by atoms with Gasteiger partial charge in [0.2, 0.25) is 0 Å². The monoisotopic (exact) mass is 700 g/mol. The predicted molar refractivity (Wildman–Crippen MR) is 183 cm³/mol. The number of carbonyl (C=O) groups is 2. The Morgan fingerprint density at radius 3 is 1.14 bits per heavy atom. The van der Waals surface area contributed by atoms with Gasteiger partial charge < -0.3 is 38.2 Å². The number of anilines is 2. The lowest BCUT2D eigenvalue weighted by molar-refractivity contribution is -0.138. The van der Waals surface area contributed by atoms with Crippen molar-refractivity contribution in [2.45, 2.75) is 55.4 Å². The molecule has 0 heterocycles. The average molecular weight is 701 g/mol. The van der Waals surface area contributed by atoms with Gasteiger partial charge in [-0.25, -0.2) is 9.59 Å². The van der Waals surface area contributed by atoms with E-state index < -0.39 is 23.3 Å². The van der Waals surface area contributed by atoms with E-state index in [0.29, 0.717) is 59.0 Å². The molecule has 2 N–H and O–H groups in total. The second kappa shape index (κ2) is 20.2. The number of nitrogens with one attached hydrogen (secondary N) is 2. The van der Waals surface area contributed by atoms with Crippen LogP contribution in [0.4, 0.5) is 11.4 Å². The number of allylic oxidation sites excluding steroid dienone is 2. The molecule has 1 aromatic rings. The molecule has 0 saturated carbocycles. The van der Waals surface area contributed by atoms with E-state index in [1.54, 1.807) is 27.7 Å². The molecule has 1 aromatic carbocycles. The Morgan fingerprint density at radius 2 is 0.905 bits per heavy atom. The Labute approximate surface area is 268 Å². The zero-order valence-corrected chi connectivity index (χ0v) is 30.4. The molecule has 0 aromatic heterocycles. The van der Waals surface area contributed by atoms with Crippen molar-refractivity contribution in [3.8, 4) is 0 Å². The van der Waals surface area contributed by atoms with E-state index in [2.05, 4.69) is 10.6 Å². The maximum atomic E-state index is 12.8. The largest absolute Gasteiger partial charge is 0.462 e. The molecule has 0 atom stereocenters. The Balaban J connectivity index is 3.29. The second-order valence-corrected chi connectivity index (χ2v) is 20.2. The molecule has 0 aliphatic heterocycles. The van der Waals surface area contributed by atoms with Gasteiger partial charge in [-0.05, 0) is 126 Å². The number of carbonyl (C=O) groups excluding carboxylic acids is 2. The van der Waals surface area contributed by atoms with Gasteiger partial charge in [0.15, 0.2) is 0 Å². The van der Waals surface area contributed by atoms with Crippen LogP contribution in [-0.2, 0) is 60.8 Å². The smallest absolute Gasteiger partial charge is 0.346 e. The first-order valence-corrected chi connectivity index (χ1v) is 21.6. The summed E-state index contributed by atoms with van der Waals surface area (Å²) in [7, 11) is 0. The molecule has 0 saturated heterocycles. The fourth-order valence-electron chi connectivity index (χ4n) is 3.13. The van der Waals surface area contributed by atoms with Crippen LogP contribution >= 0.6 is 34.2 Å². The van der Waals surface area contributed by atoms with Crippen molar-refractivity contribution in [2.24, 2.45) is 0 Å². The molecule has 42 heavy (non-hydrogen) atoms. The summed E-state index contributed by atoms with van der Waals surface area (Å²) in [5.41, 5.74) is -3.10. The minimum atomic E-state index is -2.81.